The van der Waals surface area contributed by atoms with Gasteiger partial charge in [-0.1, -0.05) is 12.2 Å². The fraction of sp³-hybridized carbons (Fsp3) is 0.333. The summed E-state index contributed by atoms with van der Waals surface area (Å²) in [6.45, 7) is 5.32. The van der Waals surface area contributed by atoms with Crippen LogP contribution in [0.2, 0.25) is 0 Å². The van der Waals surface area contributed by atoms with E-state index in [0.717, 1.165) is 6.54 Å². The van der Waals surface area contributed by atoms with Crippen molar-refractivity contribution in [1.29, 1.82) is 0 Å². The first-order valence-corrected chi connectivity index (χ1v) is 4.61. The zero-order chi connectivity index (χ0) is 7.84. The smallest absolute Gasteiger partial charge is 0.0557 e. The number of anilines is 1. The highest BCUT2D eigenvalue weighted by Gasteiger charge is 2.11. The molecule has 1 aromatic rings. The molecule has 0 spiro atoms. The number of rotatable bonds is 0. The Morgan fingerprint density at radius 2 is 2.18 bits per heavy atom. The van der Waals surface area contributed by atoms with E-state index >= 15 is 0 Å². The number of fused-ring (bicyclic) bond motifs is 1. The van der Waals surface area contributed by atoms with Gasteiger partial charge in [-0.3, -0.25) is 0 Å². The van der Waals surface area contributed by atoms with Gasteiger partial charge in [0.15, 0.2) is 0 Å². The van der Waals surface area contributed by atoms with Gasteiger partial charge in [-0.15, -0.1) is 11.3 Å². The van der Waals surface area contributed by atoms with Crippen LogP contribution in [0.5, 0.6) is 0 Å². The molecule has 2 rings (SSSR count). The summed E-state index contributed by atoms with van der Waals surface area (Å²) in [6.07, 6.45) is 4.38. The maximum atomic E-state index is 3.38. The fourth-order valence-electron chi connectivity index (χ4n) is 1.46. The SMILES string of the molecule is Cc1sc(C)c2c1C=CCN2. The summed E-state index contributed by atoms with van der Waals surface area (Å²) in [6, 6.07) is 0. The van der Waals surface area contributed by atoms with Crippen molar-refractivity contribution in [2.24, 2.45) is 0 Å². The Hall–Kier alpha value is -0.760. The van der Waals surface area contributed by atoms with Crippen LogP contribution in [-0.4, -0.2) is 6.54 Å². The van der Waals surface area contributed by atoms with Gasteiger partial charge in [0.25, 0.3) is 0 Å². The van der Waals surface area contributed by atoms with Crippen molar-refractivity contribution in [1.82, 2.24) is 0 Å². The summed E-state index contributed by atoms with van der Waals surface area (Å²) in [7, 11) is 0. The molecule has 1 aliphatic heterocycles. The van der Waals surface area contributed by atoms with Gasteiger partial charge in [0.1, 0.15) is 0 Å². The van der Waals surface area contributed by atoms with Gasteiger partial charge in [0.2, 0.25) is 0 Å². The lowest BCUT2D eigenvalue weighted by atomic mass is 10.1. The molecule has 58 valence electrons. The average Bonchev–Trinajstić information content (AvgIpc) is 2.30. The van der Waals surface area contributed by atoms with Crippen LogP contribution in [0.3, 0.4) is 0 Å². The van der Waals surface area contributed by atoms with E-state index in [0.29, 0.717) is 0 Å². The summed E-state index contributed by atoms with van der Waals surface area (Å²) in [5.41, 5.74) is 2.73. The molecule has 0 saturated heterocycles. The van der Waals surface area contributed by atoms with Crippen LogP contribution in [0.4, 0.5) is 5.69 Å². The summed E-state index contributed by atoms with van der Waals surface area (Å²) in [5, 5.41) is 3.38. The lowest BCUT2D eigenvalue weighted by molar-refractivity contribution is 1.30. The van der Waals surface area contributed by atoms with Gasteiger partial charge in [-0.25, -0.2) is 0 Å². The standard InChI is InChI=1S/C9H11NS/c1-6-8-4-3-5-10-9(8)7(2)11-6/h3-4,10H,5H2,1-2H3. The van der Waals surface area contributed by atoms with E-state index in [4.69, 9.17) is 0 Å². The Kier molecular flexibility index (Phi) is 1.50. The molecule has 0 amide bonds. The van der Waals surface area contributed by atoms with Crippen LogP contribution in [0.25, 0.3) is 6.08 Å². The summed E-state index contributed by atoms with van der Waals surface area (Å²) in [4.78, 5) is 2.82. The molecule has 2 heterocycles. The minimum atomic E-state index is 0.976. The highest BCUT2D eigenvalue weighted by atomic mass is 32.1. The van der Waals surface area contributed by atoms with Crippen LogP contribution < -0.4 is 5.32 Å². The highest BCUT2D eigenvalue weighted by Crippen LogP contribution is 2.34. The zero-order valence-electron chi connectivity index (χ0n) is 6.77. The van der Waals surface area contributed by atoms with Crippen molar-refractivity contribution >= 4 is 23.1 Å². The average molecular weight is 165 g/mol. The molecule has 0 fully saturated rings. The van der Waals surface area contributed by atoms with Crippen molar-refractivity contribution in [2.75, 3.05) is 11.9 Å². The topological polar surface area (TPSA) is 12.0 Å². The molecule has 1 N–H and O–H groups in total. The molecule has 2 heteroatoms. The minimum absolute atomic E-state index is 0.976. The number of thiophene rings is 1. The third kappa shape index (κ3) is 0.979. The fourth-order valence-corrected chi connectivity index (χ4v) is 2.48. The van der Waals surface area contributed by atoms with Crippen LogP contribution >= 0.6 is 11.3 Å². The van der Waals surface area contributed by atoms with Gasteiger partial charge in [0.05, 0.1) is 5.69 Å². The molecule has 1 aromatic heterocycles. The Labute approximate surface area is 70.8 Å². The molecule has 1 aliphatic rings. The third-order valence-electron chi connectivity index (χ3n) is 1.99. The van der Waals surface area contributed by atoms with Crippen LogP contribution in [0.1, 0.15) is 15.3 Å². The third-order valence-corrected chi connectivity index (χ3v) is 3.02. The second-order valence-electron chi connectivity index (χ2n) is 2.79. The Morgan fingerprint density at radius 3 is 2.91 bits per heavy atom. The molecule has 11 heavy (non-hydrogen) atoms. The first-order chi connectivity index (χ1) is 5.29. The predicted molar refractivity (Wildman–Crippen MR) is 51.3 cm³/mol. The largest absolute Gasteiger partial charge is 0.380 e. The molecule has 0 atom stereocenters. The van der Waals surface area contributed by atoms with Crippen molar-refractivity contribution in [3.63, 3.8) is 0 Å². The van der Waals surface area contributed by atoms with Gasteiger partial charge in [-0.2, -0.15) is 0 Å². The first-order valence-electron chi connectivity index (χ1n) is 3.79. The molecule has 0 bridgehead atoms. The first kappa shape index (κ1) is 6.92. The van der Waals surface area contributed by atoms with Crippen molar-refractivity contribution in [3.8, 4) is 0 Å². The lowest BCUT2D eigenvalue weighted by Gasteiger charge is -2.09. The number of aryl methyl sites for hydroxylation is 2. The molecule has 0 saturated carbocycles. The molecular weight excluding hydrogens is 154 g/mol. The van der Waals surface area contributed by atoms with Crippen LogP contribution in [0, 0.1) is 13.8 Å². The van der Waals surface area contributed by atoms with E-state index in [-0.39, 0.29) is 0 Å². The number of nitrogens with one attached hydrogen (secondary N) is 1. The van der Waals surface area contributed by atoms with Crippen molar-refractivity contribution < 1.29 is 0 Å². The Balaban J connectivity index is 2.63. The highest BCUT2D eigenvalue weighted by molar-refractivity contribution is 7.12. The van der Waals surface area contributed by atoms with E-state index in [1.807, 2.05) is 11.3 Å². The maximum absolute atomic E-state index is 3.38. The summed E-state index contributed by atoms with van der Waals surface area (Å²) < 4.78 is 0. The second kappa shape index (κ2) is 2.38. The van der Waals surface area contributed by atoms with E-state index in [1.54, 1.807) is 0 Å². The van der Waals surface area contributed by atoms with Crippen LogP contribution in [0.15, 0.2) is 6.08 Å². The summed E-state index contributed by atoms with van der Waals surface area (Å²) in [5.74, 6) is 0. The monoisotopic (exact) mass is 165 g/mol. The molecule has 0 aliphatic carbocycles. The van der Waals surface area contributed by atoms with E-state index in [2.05, 4.69) is 31.3 Å². The van der Waals surface area contributed by atoms with Gasteiger partial charge in [-0.05, 0) is 13.8 Å². The van der Waals surface area contributed by atoms with E-state index in [1.165, 1.54) is 21.0 Å². The zero-order valence-corrected chi connectivity index (χ0v) is 7.59. The van der Waals surface area contributed by atoms with Crippen molar-refractivity contribution in [3.05, 3.63) is 21.4 Å². The number of hydrogen-bond donors (Lipinski definition) is 1. The normalized spacial score (nSPS) is 14.4. The Morgan fingerprint density at radius 1 is 1.36 bits per heavy atom. The molecule has 1 nitrogen and oxygen atoms in total. The number of hydrogen-bond acceptors (Lipinski definition) is 2. The van der Waals surface area contributed by atoms with Gasteiger partial charge < -0.3 is 5.32 Å². The minimum Gasteiger partial charge on any atom is -0.380 e. The second-order valence-corrected chi connectivity index (χ2v) is 4.22. The Bertz CT molecular complexity index is 310. The molecule has 0 radical (unpaired) electrons. The molecule has 0 unspecified atom stereocenters. The van der Waals surface area contributed by atoms with Gasteiger partial charge >= 0.3 is 0 Å². The molecule has 0 aromatic carbocycles. The predicted octanol–water partition coefficient (Wildman–Crippen LogP) is 2.80. The quantitative estimate of drug-likeness (QED) is 0.623. The van der Waals surface area contributed by atoms with Gasteiger partial charge in [0, 0.05) is 21.9 Å². The lowest BCUT2D eigenvalue weighted by Crippen LogP contribution is -2.03. The van der Waals surface area contributed by atoms with Crippen LogP contribution in [-0.2, 0) is 0 Å². The molecular formula is C9H11NS. The maximum Gasteiger partial charge on any atom is 0.0557 e. The van der Waals surface area contributed by atoms with Crippen molar-refractivity contribution in [2.45, 2.75) is 13.8 Å². The van der Waals surface area contributed by atoms with E-state index < -0.39 is 0 Å². The summed E-state index contributed by atoms with van der Waals surface area (Å²) >= 11 is 1.87. The van der Waals surface area contributed by atoms with E-state index in [9.17, 15) is 0 Å².